The number of fused-ring (bicyclic) bond motifs is 1. The number of hydrogen-bond acceptors (Lipinski definition) is 3. The normalized spacial score (nSPS) is 49.5. The number of hydrogen-bond donors (Lipinski definition) is 2. The van der Waals surface area contributed by atoms with Gasteiger partial charge in [-0.25, -0.2) is 0 Å². The lowest BCUT2D eigenvalue weighted by molar-refractivity contribution is -0.155. The smallest absolute Gasteiger partial charge is 0.0832 e. The van der Waals surface area contributed by atoms with E-state index in [0.717, 1.165) is 24.6 Å². The Morgan fingerprint density at radius 3 is 2.56 bits per heavy atom. The molecule has 3 heteroatoms. The number of nitrogens with one attached hydrogen (secondary N) is 2. The molecule has 5 atom stereocenters. The zero-order chi connectivity index (χ0) is 12.2. The lowest BCUT2D eigenvalue weighted by Gasteiger charge is -2.51. The van der Waals surface area contributed by atoms with Crippen molar-refractivity contribution in [3.8, 4) is 0 Å². The van der Waals surface area contributed by atoms with Crippen LogP contribution in [0.4, 0.5) is 0 Å². The molecule has 2 saturated heterocycles. The fraction of sp³-hybridized carbons (Fsp3) is 1.00. The van der Waals surface area contributed by atoms with Crippen LogP contribution in [0.15, 0.2) is 0 Å². The molecule has 4 rings (SSSR count). The monoisotopic (exact) mass is 250 g/mol. The van der Waals surface area contributed by atoms with Gasteiger partial charge in [-0.05, 0) is 57.8 Å². The molecule has 0 amide bonds. The maximum atomic E-state index is 6.22. The molecule has 0 aromatic heterocycles. The Morgan fingerprint density at radius 1 is 1.17 bits per heavy atom. The average Bonchev–Trinajstić information content (AvgIpc) is 2.54. The second kappa shape index (κ2) is 4.19. The highest BCUT2D eigenvalue weighted by Gasteiger charge is 2.47. The van der Waals surface area contributed by atoms with Gasteiger partial charge in [0.1, 0.15) is 0 Å². The third kappa shape index (κ3) is 1.75. The first-order valence-electron chi connectivity index (χ1n) is 7.91. The van der Waals surface area contributed by atoms with Crippen LogP contribution in [0.25, 0.3) is 0 Å². The average molecular weight is 250 g/mol. The second-order valence-electron chi connectivity index (χ2n) is 7.09. The van der Waals surface area contributed by atoms with Crippen LogP contribution >= 0.6 is 0 Å². The van der Waals surface area contributed by atoms with Crippen molar-refractivity contribution in [1.29, 1.82) is 0 Å². The van der Waals surface area contributed by atoms with E-state index in [-0.39, 0.29) is 5.60 Å². The summed E-state index contributed by atoms with van der Waals surface area (Å²) < 4.78 is 6.22. The maximum Gasteiger partial charge on any atom is 0.0832 e. The van der Waals surface area contributed by atoms with E-state index >= 15 is 0 Å². The van der Waals surface area contributed by atoms with Crippen molar-refractivity contribution in [2.24, 2.45) is 5.92 Å². The van der Waals surface area contributed by atoms with Crippen molar-refractivity contribution in [3.63, 3.8) is 0 Å². The van der Waals surface area contributed by atoms with E-state index in [1.54, 1.807) is 0 Å². The summed E-state index contributed by atoms with van der Waals surface area (Å²) in [6.45, 7) is 3.24. The molecule has 2 N–H and O–H groups in total. The van der Waals surface area contributed by atoms with Crippen molar-refractivity contribution in [2.75, 3.05) is 6.61 Å². The molecule has 2 aliphatic heterocycles. The van der Waals surface area contributed by atoms with Crippen LogP contribution in [0.3, 0.4) is 0 Å². The summed E-state index contributed by atoms with van der Waals surface area (Å²) in [4.78, 5) is 0. The van der Waals surface area contributed by atoms with E-state index in [1.807, 2.05) is 0 Å². The standard InChI is InChI=1S/C15H26N2O/c1-10-15(5-2-6-15)18-9-13(16-10)8-12-7-11-3-4-14(11)17-12/h10-14,16-17H,2-9H2,1H3. The summed E-state index contributed by atoms with van der Waals surface area (Å²) in [5.74, 6) is 0.995. The first kappa shape index (κ1) is 11.7. The molecule has 4 aliphatic rings. The molecule has 4 fully saturated rings. The topological polar surface area (TPSA) is 33.3 Å². The highest BCUT2D eigenvalue weighted by Crippen LogP contribution is 2.42. The number of rotatable bonds is 2. The Kier molecular flexibility index (Phi) is 2.72. The Labute approximate surface area is 110 Å². The minimum Gasteiger partial charge on any atom is -0.372 e. The number of morpholine rings is 1. The van der Waals surface area contributed by atoms with E-state index in [0.29, 0.717) is 12.1 Å². The van der Waals surface area contributed by atoms with Crippen molar-refractivity contribution >= 4 is 0 Å². The summed E-state index contributed by atoms with van der Waals surface area (Å²) in [6, 6.07) is 2.71. The quantitative estimate of drug-likeness (QED) is 0.784. The molecular formula is C15H26N2O. The predicted octanol–water partition coefficient (Wildman–Crippen LogP) is 1.82. The third-order valence-corrected chi connectivity index (χ3v) is 6.07. The Bertz CT molecular complexity index is 316. The molecular weight excluding hydrogens is 224 g/mol. The zero-order valence-electron chi connectivity index (χ0n) is 11.5. The van der Waals surface area contributed by atoms with Crippen molar-refractivity contribution < 1.29 is 4.74 Å². The van der Waals surface area contributed by atoms with Gasteiger partial charge in [-0.15, -0.1) is 0 Å². The second-order valence-corrected chi connectivity index (χ2v) is 7.09. The molecule has 5 unspecified atom stereocenters. The fourth-order valence-electron chi connectivity index (χ4n) is 4.50. The molecule has 2 saturated carbocycles. The molecule has 102 valence electrons. The van der Waals surface area contributed by atoms with Gasteiger partial charge in [-0.1, -0.05) is 0 Å². The minimum absolute atomic E-state index is 0.207. The van der Waals surface area contributed by atoms with Crippen LogP contribution in [0.5, 0.6) is 0 Å². The molecule has 2 heterocycles. The van der Waals surface area contributed by atoms with Gasteiger partial charge >= 0.3 is 0 Å². The van der Waals surface area contributed by atoms with Crippen LogP contribution in [-0.2, 0) is 4.74 Å². The van der Waals surface area contributed by atoms with Gasteiger partial charge < -0.3 is 15.4 Å². The fourth-order valence-corrected chi connectivity index (χ4v) is 4.50. The van der Waals surface area contributed by atoms with E-state index in [4.69, 9.17) is 4.74 Å². The van der Waals surface area contributed by atoms with Crippen LogP contribution in [0.2, 0.25) is 0 Å². The van der Waals surface area contributed by atoms with Gasteiger partial charge in [0.2, 0.25) is 0 Å². The Balaban J connectivity index is 1.31. The van der Waals surface area contributed by atoms with Gasteiger partial charge in [-0.3, -0.25) is 0 Å². The summed E-state index contributed by atoms with van der Waals surface area (Å²) in [5.41, 5.74) is 0.207. The van der Waals surface area contributed by atoms with Gasteiger partial charge in [0.05, 0.1) is 12.2 Å². The Hall–Kier alpha value is -0.120. The van der Waals surface area contributed by atoms with Gasteiger partial charge in [-0.2, -0.15) is 0 Å². The van der Waals surface area contributed by atoms with E-state index < -0.39 is 0 Å². The summed E-state index contributed by atoms with van der Waals surface area (Å²) >= 11 is 0. The highest BCUT2D eigenvalue weighted by atomic mass is 16.5. The van der Waals surface area contributed by atoms with Crippen LogP contribution < -0.4 is 10.6 Å². The summed E-state index contributed by atoms with van der Waals surface area (Å²) in [7, 11) is 0. The first-order valence-corrected chi connectivity index (χ1v) is 7.91. The molecule has 0 aromatic rings. The number of ether oxygens (including phenoxy) is 1. The van der Waals surface area contributed by atoms with Gasteiger partial charge in [0.15, 0.2) is 0 Å². The largest absolute Gasteiger partial charge is 0.372 e. The molecule has 3 nitrogen and oxygen atoms in total. The first-order chi connectivity index (χ1) is 8.75. The maximum absolute atomic E-state index is 6.22. The van der Waals surface area contributed by atoms with E-state index in [1.165, 1.54) is 44.9 Å². The van der Waals surface area contributed by atoms with Crippen molar-refractivity contribution in [3.05, 3.63) is 0 Å². The third-order valence-electron chi connectivity index (χ3n) is 6.07. The summed E-state index contributed by atoms with van der Waals surface area (Å²) in [6.07, 6.45) is 9.41. The molecule has 18 heavy (non-hydrogen) atoms. The molecule has 1 spiro atoms. The highest BCUT2D eigenvalue weighted by molar-refractivity contribution is 5.04. The lowest BCUT2D eigenvalue weighted by Crippen LogP contribution is -2.64. The van der Waals surface area contributed by atoms with Gasteiger partial charge in [0.25, 0.3) is 0 Å². The van der Waals surface area contributed by atoms with Gasteiger partial charge in [0, 0.05) is 24.2 Å². The molecule has 0 radical (unpaired) electrons. The van der Waals surface area contributed by atoms with E-state index in [9.17, 15) is 0 Å². The van der Waals surface area contributed by atoms with E-state index in [2.05, 4.69) is 17.6 Å². The molecule has 2 aliphatic carbocycles. The molecule has 0 aromatic carbocycles. The van der Waals surface area contributed by atoms with Crippen LogP contribution in [0, 0.1) is 5.92 Å². The Morgan fingerprint density at radius 2 is 2.06 bits per heavy atom. The SMILES string of the molecule is CC1NC(CC2CC3CCC3N2)COC12CCC2. The van der Waals surface area contributed by atoms with Crippen molar-refractivity contribution in [2.45, 2.75) is 81.6 Å². The van der Waals surface area contributed by atoms with Crippen LogP contribution in [-0.4, -0.2) is 36.4 Å². The minimum atomic E-state index is 0.207. The summed E-state index contributed by atoms with van der Waals surface area (Å²) in [5, 5.41) is 7.63. The lowest BCUT2D eigenvalue weighted by atomic mass is 9.73. The van der Waals surface area contributed by atoms with Crippen LogP contribution in [0.1, 0.15) is 51.9 Å². The molecule has 0 bridgehead atoms. The van der Waals surface area contributed by atoms with Crippen molar-refractivity contribution in [1.82, 2.24) is 10.6 Å². The zero-order valence-corrected chi connectivity index (χ0v) is 11.5. The predicted molar refractivity (Wildman–Crippen MR) is 71.6 cm³/mol.